The zero-order valence-corrected chi connectivity index (χ0v) is 40.1. The molecule has 0 spiro atoms. The summed E-state index contributed by atoms with van der Waals surface area (Å²) in [6.07, 6.45) is 65.3. The van der Waals surface area contributed by atoms with Gasteiger partial charge in [-0.05, 0) is 83.5 Å². The molecule has 62 heavy (non-hydrogen) atoms. The summed E-state index contributed by atoms with van der Waals surface area (Å²) in [5, 5.41) is 0. The van der Waals surface area contributed by atoms with Crippen LogP contribution in [0.4, 0.5) is 0 Å². The molecule has 0 heterocycles. The van der Waals surface area contributed by atoms with Crippen LogP contribution in [0.1, 0.15) is 220 Å². The molecular formula is C56H92O6. The Bertz CT molecular complexity index is 1260. The Balaban J connectivity index is 4.48. The first-order valence-electron chi connectivity index (χ1n) is 25.3. The van der Waals surface area contributed by atoms with Gasteiger partial charge in [0.1, 0.15) is 13.2 Å². The van der Waals surface area contributed by atoms with Crippen LogP contribution >= 0.6 is 0 Å². The minimum atomic E-state index is -0.800. The van der Waals surface area contributed by atoms with Crippen LogP contribution in [0.25, 0.3) is 0 Å². The Kier molecular flexibility index (Phi) is 47.0. The average Bonchev–Trinajstić information content (AvgIpc) is 3.27. The van der Waals surface area contributed by atoms with E-state index in [0.29, 0.717) is 19.3 Å². The number of allylic oxidation sites excluding steroid dienone is 16. The molecule has 0 radical (unpaired) electrons. The number of rotatable bonds is 44. The lowest BCUT2D eigenvalue weighted by atomic mass is 10.1. The van der Waals surface area contributed by atoms with Gasteiger partial charge in [0.2, 0.25) is 0 Å². The molecule has 1 atom stereocenters. The van der Waals surface area contributed by atoms with Gasteiger partial charge in [-0.15, -0.1) is 0 Å². The van der Waals surface area contributed by atoms with Crippen molar-refractivity contribution in [3.05, 3.63) is 97.2 Å². The van der Waals surface area contributed by atoms with Crippen molar-refractivity contribution in [3.63, 3.8) is 0 Å². The van der Waals surface area contributed by atoms with Crippen molar-refractivity contribution in [3.8, 4) is 0 Å². The molecule has 6 heteroatoms. The third kappa shape index (κ3) is 47.4. The number of carbonyl (C=O) groups is 3. The molecule has 0 rings (SSSR count). The molecule has 0 aliphatic carbocycles. The van der Waals surface area contributed by atoms with Crippen molar-refractivity contribution in [2.24, 2.45) is 0 Å². The largest absolute Gasteiger partial charge is 0.462 e. The summed E-state index contributed by atoms with van der Waals surface area (Å²) in [4.78, 5) is 38.0. The van der Waals surface area contributed by atoms with Crippen LogP contribution in [-0.4, -0.2) is 37.2 Å². The Morgan fingerprint density at radius 2 is 0.645 bits per heavy atom. The van der Waals surface area contributed by atoms with Crippen LogP contribution in [0.2, 0.25) is 0 Å². The lowest BCUT2D eigenvalue weighted by Gasteiger charge is -2.18. The maximum atomic E-state index is 12.8. The summed E-state index contributed by atoms with van der Waals surface area (Å²) < 4.78 is 16.7. The quantitative estimate of drug-likeness (QED) is 0.0200. The molecule has 0 amide bonds. The zero-order chi connectivity index (χ0) is 45.1. The zero-order valence-electron chi connectivity index (χ0n) is 40.1. The fourth-order valence-corrected chi connectivity index (χ4v) is 6.68. The molecule has 0 bridgehead atoms. The Morgan fingerprint density at radius 1 is 0.339 bits per heavy atom. The summed E-state index contributed by atoms with van der Waals surface area (Å²) >= 11 is 0. The molecule has 0 saturated heterocycles. The van der Waals surface area contributed by atoms with Gasteiger partial charge >= 0.3 is 17.9 Å². The smallest absolute Gasteiger partial charge is 0.306 e. The standard InChI is InChI=1S/C56H92O6/c1-4-7-10-13-16-19-22-25-28-31-34-37-40-43-46-49-55(58)61-52-53(51-60-54(57)48-45-42-39-36-33-30-27-24-21-18-15-12-9-6-3)62-56(59)50-47-44-41-38-35-32-29-26-23-20-17-14-11-8-5-2/h7-8,10-11,13-14,16-17,19-20,22-23,25,28,30,33,53H,4-6,9,12,15,18,21,24,26-27,29,31-32,34-52H2,1-3H3/b10-7-,11-8-,16-13-,17-14-,22-19-,23-20-,28-25-,33-30-. The lowest BCUT2D eigenvalue weighted by molar-refractivity contribution is -0.167. The van der Waals surface area contributed by atoms with Gasteiger partial charge in [-0.25, -0.2) is 0 Å². The van der Waals surface area contributed by atoms with Crippen molar-refractivity contribution < 1.29 is 28.6 Å². The van der Waals surface area contributed by atoms with Crippen molar-refractivity contribution in [1.29, 1.82) is 0 Å². The van der Waals surface area contributed by atoms with Gasteiger partial charge in [-0.2, -0.15) is 0 Å². The van der Waals surface area contributed by atoms with Gasteiger partial charge in [0.05, 0.1) is 0 Å². The third-order valence-corrected chi connectivity index (χ3v) is 10.5. The van der Waals surface area contributed by atoms with Crippen molar-refractivity contribution in [2.45, 2.75) is 226 Å². The highest BCUT2D eigenvalue weighted by molar-refractivity contribution is 5.71. The highest BCUT2D eigenvalue weighted by Crippen LogP contribution is 2.14. The third-order valence-electron chi connectivity index (χ3n) is 10.5. The van der Waals surface area contributed by atoms with Gasteiger partial charge in [-0.1, -0.05) is 214 Å². The van der Waals surface area contributed by atoms with E-state index in [2.05, 4.69) is 99.8 Å². The highest BCUT2D eigenvalue weighted by Gasteiger charge is 2.19. The number of ether oxygens (including phenoxy) is 3. The van der Waals surface area contributed by atoms with Crippen molar-refractivity contribution >= 4 is 17.9 Å². The molecule has 0 aromatic rings. The number of esters is 3. The Morgan fingerprint density at radius 3 is 1.05 bits per heavy atom. The van der Waals surface area contributed by atoms with E-state index < -0.39 is 6.10 Å². The Hall–Kier alpha value is -3.67. The van der Waals surface area contributed by atoms with Crippen LogP contribution in [-0.2, 0) is 28.6 Å². The number of carbonyl (C=O) groups excluding carboxylic acids is 3. The molecule has 1 unspecified atom stereocenters. The highest BCUT2D eigenvalue weighted by atomic mass is 16.6. The van der Waals surface area contributed by atoms with E-state index >= 15 is 0 Å². The van der Waals surface area contributed by atoms with Gasteiger partial charge < -0.3 is 14.2 Å². The molecule has 0 aromatic carbocycles. The fraction of sp³-hybridized carbons (Fsp3) is 0.661. The normalized spacial score (nSPS) is 12.9. The first-order valence-corrected chi connectivity index (χ1v) is 25.3. The van der Waals surface area contributed by atoms with E-state index in [1.54, 1.807) is 0 Å². The molecule has 6 nitrogen and oxygen atoms in total. The second-order valence-corrected chi connectivity index (χ2v) is 16.5. The van der Waals surface area contributed by atoms with E-state index in [9.17, 15) is 14.4 Å². The second kappa shape index (κ2) is 50.0. The topological polar surface area (TPSA) is 78.9 Å². The minimum absolute atomic E-state index is 0.0994. The summed E-state index contributed by atoms with van der Waals surface area (Å²) in [5.74, 6) is -0.953. The molecule has 0 aliphatic heterocycles. The minimum Gasteiger partial charge on any atom is -0.462 e. The average molecular weight is 861 g/mol. The number of hydrogen-bond acceptors (Lipinski definition) is 6. The SMILES string of the molecule is CC\C=C/C=C\C=C/C=C\CCCCCCCC(=O)OCC(COC(=O)CCCCC/C=C\CCCCCCCCC)OC(=O)CCCCCCCCC\C=C/C=C\C=C/CC. The fourth-order valence-electron chi connectivity index (χ4n) is 6.68. The predicted molar refractivity (Wildman–Crippen MR) is 265 cm³/mol. The summed E-state index contributed by atoms with van der Waals surface area (Å²) in [6, 6.07) is 0. The first kappa shape index (κ1) is 58.3. The molecule has 0 fully saturated rings. The molecule has 0 saturated carbocycles. The predicted octanol–water partition coefficient (Wildman–Crippen LogP) is 16.6. The second-order valence-electron chi connectivity index (χ2n) is 16.5. The van der Waals surface area contributed by atoms with E-state index in [1.807, 2.05) is 18.2 Å². The molecular weight excluding hydrogens is 769 g/mol. The van der Waals surface area contributed by atoms with Crippen LogP contribution in [0.15, 0.2) is 97.2 Å². The van der Waals surface area contributed by atoms with Crippen molar-refractivity contribution in [1.82, 2.24) is 0 Å². The summed E-state index contributed by atoms with van der Waals surface area (Å²) in [5.41, 5.74) is 0. The van der Waals surface area contributed by atoms with Gasteiger partial charge in [0.15, 0.2) is 6.10 Å². The van der Waals surface area contributed by atoms with Crippen LogP contribution in [0, 0.1) is 0 Å². The maximum absolute atomic E-state index is 12.8. The van der Waals surface area contributed by atoms with Crippen LogP contribution < -0.4 is 0 Å². The van der Waals surface area contributed by atoms with Crippen LogP contribution in [0.3, 0.4) is 0 Å². The monoisotopic (exact) mass is 861 g/mol. The number of hydrogen-bond donors (Lipinski definition) is 0. The molecule has 0 N–H and O–H groups in total. The first-order chi connectivity index (χ1) is 30.5. The van der Waals surface area contributed by atoms with E-state index in [-0.39, 0.29) is 31.1 Å². The van der Waals surface area contributed by atoms with E-state index in [1.165, 1.54) is 64.2 Å². The van der Waals surface area contributed by atoms with E-state index in [0.717, 1.165) is 116 Å². The number of unbranched alkanes of at least 4 members (excludes halogenated alkanes) is 22. The van der Waals surface area contributed by atoms with Gasteiger partial charge in [-0.3, -0.25) is 14.4 Å². The lowest BCUT2D eigenvalue weighted by Crippen LogP contribution is -2.30. The summed E-state index contributed by atoms with van der Waals surface area (Å²) in [7, 11) is 0. The molecule has 0 aliphatic rings. The Labute approximate surface area is 381 Å². The summed E-state index contributed by atoms with van der Waals surface area (Å²) in [6.45, 7) is 6.31. The van der Waals surface area contributed by atoms with Gasteiger partial charge in [0, 0.05) is 19.3 Å². The maximum Gasteiger partial charge on any atom is 0.306 e. The van der Waals surface area contributed by atoms with Crippen LogP contribution in [0.5, 0.6) is 0 Å². The molecule has 352 valence electrons. The van der Waals surface area contributed by atoms with E-state index in [4.69, 9.17) is 14.2 Å². The van der Waals surface area contributed by atoms with Crippen molar-refractivity contribution in [2.75, 3.05) is 13.2 Å². The molecule has 0 aromatic heterocycles. The van der Waals surface area contributed by atoms with Gasteiger partial charge in [0.25, 0.3) is 0 Å².